The highest BCUT2D eigenvalue weighted by molar-refractivity contribution is 6.02. The molecule has 9 nitrogen and oxygen atoms in total. The third-order valence-electron chi connectivity index (χ3n) is 4.67. The van der Waals surface area contributed by atoms with Crippen molar-refractivity contribution in [3.63, 3.8) is 0 Å². The molecular formula is C21H22FN3O6. The first-order chi connectivity index (χ1) is 14.9. The first kappa shape index (κ1) is 22.0. The van der Waals surface area contributed by atoms with Crippen LogP contribution in [0.25, 0.3) is 0 Å². The van der Waals surface area contributed by atoms with Crippen molar-refractivity contribution in [1.82, 2.24) is 10.2 Å². The molecule has 0 saturated heterocycles. The molecule has 164 valence electrons. The normalized spacial score (nSPS) is 12.5. The molecule has 0 saturated carbocycles. The quantitative estimate of drug-likeness (QED) is 0.521. The maximum Gasteiger partial charge on any atom is 0.411 e. The van der Waals surface area contributed by atoms with Gasteiger partial charge in [0.2, 0.25) is 5.91 Å². The molecule has 2 aromatic rings. The molecule has 31 heavy (non-hydrogen) atoms. The van der Waals surface area contributed by atoms with Gasteiger partial charge in [0.1, 0.15) is 24.7 Å². The summed E-state index contributed by atoms with van der Waals surface area (Å²) in [6, 6.07) is 9.51. The number of hydrogen-bond acceptors (Lipinski definition) is 6. The van der Waals surface area contributed by atoms with E-state index in [9.17, 15) is 18.8 Å². The molecule has 0 unspecified atom stereocenters. The number of halogens is 1. The Labute approximate surface area is 177 Å². The number of anilines is 1. The molecular weight excluding hydrogens is 409 g/mol. The lowest BCUT2D eigenvalue weighted by Crippen LogP contribution is -2.39. The van der Waals surface area contributed by atoms with Crippen molar-refractivity contribution in [1.29, 1.82) is 0 Å². The lowest BCUT2D eigenvalue weighted by atomic mass is 10.1. The number of carbonyl (C=O) groups excluding carboxylic acids is 2. The number of fused-ring (bicyclic) bond motifs is 1. The van der Waals surface area contributed by atoms with Gasteiger partial charge in [-0.3, -0.25) is 14.9 Å². The summed E-state index contributed by atoms with van der Waals surface area (Å²) < 4.78 is 24.7. The zero-order valence-corrected chi connectivity index (χ0v) is 16.8. The van der Waals surface area contributed by atoms with Crippen LogP contribution in [0.15, 0.2) is 36.4 Å². The summed E-state index contributed by atoms with van der Waals surface area (Å²) in [4.78, 5) is 36.1. The Morgan fingerprint density at radius 1 is 1.23 bits per heavy atom. The number of carbonyl (C=O) groups is 3. The molecule has 3 amide bonds. The van der Waals surface area contributed by atoms with E-state index in [2.05, 4.69) is 5.32 Å². The second-order valence-corrected chi connectivity index (χ2v) is 6.79. The summed E-state index contributed by atoms with van der Waals surface area (Å²) >= 11 is 0. The number of imide groups is 1. The maximum absolute atomic E-state index is 14.2. The minimum atomic E-state index is -1.48. The van der Waals surface area contributed by atoms with Gasteiger partial charge in [0.15, 0.2) is 0 Å². The lowest BCUT2D eigenvalue weighted by Gasteiger charge is -2.15. The van der Waals surface area contributed by atoms with Crippen molar-refractivity contribution < 1.29 is 33.4 Å². The molecule has 0 radical (unpaired) electrons. The molecule has 2 aromatic carbocycles. The number of benzene rings is 2. The van der Waals surface area contributed by atoms with Gasteiger partial charge in [0.25, 0.3) is 5.91 Å². The molecule has 0 aliphatic carbocycles. The Hall–Kier alpha value is -3.66. The van der Waals surface area contributed by atoms with E-state index in [-0.39, 0.29) is 25.5 Å². The van der Waals surface area contributed by atoms with Crippen LogP contribution in [0.3, 0.4) is 0 Å². The molecule has 1 aliphatic rings. The summed E-state index contributed by atoms with van der Waals surface area (Å²) in [7, 11) is 1.56. The standard InChI is InChI=1S/C21H22FN3O6/c1-30-7-8-31-14-5-6-17(22)13(9-14)10-23-18-4-2-3-15-16(18)11-25(20(15)27)12-19(26)24-21(28)29/h2-6,9,23H,7-8,10-12H2,1H3,(H,24,26)(H,28,29). The van der Waals surface area contributed by atoms with Gasteiger partial charge in [-0.1, -0.05) is 6.07 Å². The third kappa shape index (κ3) is 5.48. The molecule has 0 aromatic heterocycles. The summed E-state index contributed by atoms with van der Waals surface area (Å²) in [5.74, 6) is -1.06. The van der Waals surface area contributed by atoms with Gasteiger partial charge in [0, 0.05) is 42.6 Å². The Morgan fingerprint density at radius 2 is 2.03 bits per heavy atom. The average Bonchev–Trinajstić information content (AvgIpc) is 3.04. The smallest absolute Gasteiger partial charge is 0.411 e. The van der Waals surface area contributed by atoms with Crippen LogP contribution < -0.4 is 15.4 Å². The fourth-order valence-electron chi connectivity index (χ4n) is 3.23. The predicted molar refractivity (Wildman–Crippen MR) is 108 cm³/mol. The number of rotatable bonds is 9. The van der Waals surface area contributed by atoms with Crippen molar-refractivity contribution in [2.24, 2.45) is 0 Å². The largest absolute Gasteiger partial charge is 0.491 e. The van der Waals surface area contributed by atoms with Gasteiger partial charge >= 0.3 is 6.09 Å². The highest BCUT2D eigenvalue weighted by Gasteiger charge is 2.30. The Bertz CT molecular complexity index is 997. The number of hydrogen-bond donors (Lipinski definition) is 3. The van der Waals surface area contributed by atoms with Crippen LogP contribution in [0.4, 0.5) is 14.9 Å². The highest BCUT2D eigenvalue weighted by Crippen LogP contribution is 2.30. The minimum Gasteiger partial charge on any atom is -0.491 e. The van der Waals surface area contributed by atoms with Crippen LogP contribution in [-0.2, 0) is 22.6 Å². The number of ether oxygens (including phenoxy) is 2. The molecule has 1 aliphatic heterocycles. The van der Waals surface area contributed by atoms with Gasteiger partial charge in [-0.15, -0.1) is 0 Å². The van der Waals surface area contributed by atoms with E-state index < -0.39 is 17.8 Å². The fourth-order valence-corrected chi connectivity index (χ4v) is 3.23. The highest BCUT2D eigenvalue weighted by atomic mass is 19.1. The van der Waals surface area contributed by atoms with Gasteiger partial charge in [-0.2, -0.15) is 0 Å². The third-order valence-corrected chi connectivity index (χ3v) is 4.67. The van der Waals surface area contributed by atoms with E-state index in [4.69, 9.17) is 14.6 Å². The second kappa shape index (κ2) is 9.90. The van der Waals surface area contributed by atoms with Crippen molar-refractivity contribution >= 4 is 23.6 Å². The topological polar surface area (TPSA) is 117 Å². The molecule has 0 atom stereocenters. The van der Waals surface area contributed by atoms with E-state index in [0.29, 0.717) is 41.3 Å². The maximum atomic E-state index is 14.2. The Morgan fingerprint density at radius 3 is 2.77 bits per heavy atom. The minimum absolute atomic E-state index is 0.132. The molecule has 3 N–H and O–H groups in total. The number of methoxy groups -OCH3 is 1. The first-order valence-electron chi connectivity index (χ1n) is 9.47. The molecule has 10 heteroatoms. The lowest BCUT2D eigenvalue weighted by molar-refractivity contribution is -0.121. The van der Waals surface area contributed by atoms with Crippen LogP contribution in [-0.4, -0.2) is 54.8 Å². The second-order valence-electron chi connectivity index (χ2n) is 6.79. The SMILES string of the molecule is COCCOc1ccc(F)c(CNc2cccc3c2CN(CC(=O)NC(=O)O)C3=O)c1. The Kier molecular flexibility index (Phi) is 7.03. The number of amides is 3. The fraction of sp³-hybridized carbons (Fsp3) is 0.286. The zero-order chi connectivity index (χ0) is 22.4. The number of nitrogens with one attached hydrogen (secondary N) is 2. The summed E-state index contributed by atoms with van der Waals surface area (Å²) in [5, 5.41) is 13.5. The Balaban J connectivity index is 1.69. The summed E-state index contributed by atoms with van der Waals surface area (Å²) in [5.41, 5.74) is 2.07. The first-order valence-corrected chi connectivity index (χ1v) is 9.47. The molecule has 1 heterocycles. The van der Waals surface area contributed by atoms with E-state index in [1.807, 2.05) is 0 Å². The van der Waals surface area contributed by atoms with Gasteiger partial charge in [0.05, 0.1) is 6.61 Å². The van der Waals surface area contributed by atoms with Crippen molar-refractivity contribution in [3.8, 4) is 5.75 Å². The summed E-state index contributed by atoms with van der Waals surface area (Å²) in [6.07, 6.45) is -1.48. The zero-order valence-electron chi connectivity index (χ0n) is 16.8. The van der Waals surface area contributed by atoms with Crippen LogP contribution in [0.5, 0.6) is 5.75 Å². The van der Waals surface area contributed by atoms with Crippen LogP contribution in [0.2, 0.25) is 0 Å². The van der Waals surface area contributed by atoms with Crippen LogP contribution in [0, 0.1) is 5.82 Å². The van der Waals surface area contributed by atoms with E-state index >= 15 is 0 Å². The molecule has 3 rings (SSSR count). The molecule has 0 fully saturated rings. The number of carboxylic acid groups (broad SMARTS) is 1. The summed E-state index contributed by atoms with van der Waals surface area (Å²) in [6.45, 7) is 0.657. The van der Waals surface area contributed by atoms with Gasteiger partial charge in [-0.25, -0.2) is 9.18 Å². The predicted octanol–water partition coefficient (Wildman–Crippen LogP) is 2.21. The van der Waals surface area contributed by atoms with Gasteiger partial charge in [-0.05, 0) is 30.3 Å². The van der Waals surface area contributed by atoms with E-state index in [1.54, 1.807) is 36.7 Å². The van der Waals surface area contributed by atoms with Crippen LogP contribution in [0.1, 0.15) is 21.5 Å². The average molecular weight is 431 g/mol. The number of nitrogens with zero attached hydrogens (tertiary/aromatic N) is 1. The van der Waals surface area contributed by atoms with E-state index in [0.717, 1.165) is 0 Å². The molecule has 0 bridgehead atoms. The van der Waals surface area contributed by atoms with Gasteiger partial charge < -0.3 is 24.8 Å². The molecule has 0 spiro atoms. The van der Waals surface area contributed by atoms with Crippen molar-refractivity contribution in [2.75, 3.05) is 32.2 Å². The van der Waals surface area contributed by atoms with E-state index in [1.165, 1.54) is 17.0 Å². The van der Waals surface area contributed by atoms with Crippen molar-refractivity contribution in [3.05, 3.63) is 58.9 Å². The van der Waals surface area contributed by atoms with Crippen LogP contribution >= 0.6 is 0 Å². The monoisotopic (exact) mass is 431 g/mol. The van der Waals surface area contributed by atoms with Crippen molar-refractivity contribution in [2.45, 2.75) is 13.1 Å².